The molecule has 1 saturated heterocycles. The van der Waals surface area contributed by atoms with E-state index in [4.69, 9.17) is 9.47 Å². The van der Waals surface area contributed by atoms with Gasteiger partial charge in [0, 0.05) is 30.1 Å². The first-order valence-electron chi connectivity index (χ1n) is 11.4. The summed E-state index contributed by atoms with van der Waals surface area (Å²) < 4.78 is 11.7. The van der Waals surface area contributed by atoms with Crippen molar-refractivity contribution in [3.8, 4) is 11.5 Å². The van der Waals surface area contributed by atoms with E-state index in [1.165, 1.54) is 0 Å². The molecule has 176 valence electrons. The average molecular weight is 463 g/mol. The van der Waals surface area contributed by atoms with Crippen LogP contribution in [0.4, 0.5) is 4.79 Å². The molecule has 2 aliphatic rings. The number of likely N-dealkylation sites (N-methyl/N-ethyl adjacent to an activating group) is 1. The molecular formula is C25H26N4O5. The summed E-state index contributed by atoms with van der Waals surface area (Å²) in [6, 6.07) is 13.9. The lowest BCUT2D eigenvalue weighted by molar-refractivity contribution is -0.138. The van der Waals surface area contributed by atoms with Crippen LogP contribution in [0.5, 0.6) is 11.5 Å². The molecule has 2 N–H and O–H groups in total. The van der Waals surface area contributed by atoms with Gasteiger partial charge in [0.25, 0.3) is 5.91 Å². The second-order valence-corrected chi connectivity index (χ2v) is 8.42. The first kappa shape index (κ1) is 21.8. The van der Waals surface area contributed by atoms with Gasteiger partial charge in [0.1, 0.15) is 19.2 Å². The molecule has 34 heavy (non-hydrogen) atoms. The van der Waals surface area contributed by atoms with E-state index in [0.29, 0.717) is 37.6 Å². The summed E-state index contributed by atoms with van der Waals surface area (Å²) in [4.78, 5) is 44.2. The third kappa shape index (κ3) is 4.16. The van der Waals surface area contributed by atoms with Gasteiger partial charge in [-0.2, -0.15) is 0 Å². The standard InChI is InChI=1S/C25H26N4O5/c1-2-28(13-17-15-33-21-9-5-6-10-22(21)34-17)23(30)14-29-24(31)20(27-25(29)32)11-16-12-26-19-8-4-3-7-18(16)19/h3-10,12,17,20,26H,2,11,13-15H2,1H3,(H,27,32)/t17-,20-/m0/s1. The Morgan fingerprint density at radius 3 is 2.71 bits per heavy atom. The minimum absolute atomic E-state index is 0.298. The Hall–Kier alpha value is -4.01. The first-order chi connectivity index (χ1) is 16.5. The summed E-state index contributed by atoms with van der Waals surface area (Å²) in [5.41, 5.74) is 1.91. The second-order valence-electron chi connectivity index (χ2n) is 8.42. The fourth-order valence-electron chi connectivity index (χ4n) is 4.43. The number of carbonyl (C=O) groups is 3. The third-order valence-electron chi connectivity index (χ3n) is 6.23. The van der Waals surface area contributed by atoms with Crippen molar-refractivity contribution < 1.29 is 23.9 Å². The van der Waals surface area contributed by atoms with Crippen LogP contribution < -0.4 is 14.8 Å². The number of hydrogen-bond acceptors (Lipinski definition) is 5. The number of aromatic nitrogens is 1. The van der Waals surface area contributed by atoms with Gasteiger partial charge >= 0.3 is 6.03 Å². The van der Waals surface area contributed by atoms with Crippen LogP contribution in [-0.4, -0.2) is 71.0 Å². The number of carbonyl (C=O) groups excluding carboxylic acids is 3. The summed E-state index contributed by atoms with van der Waals surface area (Å²) in [5, 5.41) is 3.73. The number of amides is 4. The Kier molecular flexibility index (Phi) is 5.83. The lowest BCUT2D eigenvalue weighted by atomic mass is 10.1. The summed E-state index contributed by atoms with van der Waals surface area (Å²) in [6.45, 7) is 2.57. The highest BCUT2D eigenvalue weighted by Crippen LogP contribution is 2.31. The monoisotopic (exact) mass is 462 g/mol. The molecule has 2 aliphatic heterocycles. The number of fused-ring (bicyclic) bond motifs is 2. The van der Waals surface area contributed by atoms with Crippen LogP contribution in [0.15, 0.2) is 54.7 Å². The predicted octanol–water partition coefficient (Wildman–Crippen LogP) is 2.32. The zero-order valence-corrected chi connectivity index (χ0v) is 18.8. The SMILES string of the molecule is CCN(C[C@H]1COc2ccccc2O1)C(=O)CN1C(=O)N[C@@H](Cc2c[nH]c3ccccc23)C1=O. The van der Waals surface area contributed by atoms with E-state index in [1.54, 1.807) is 4.90 Å². The summed E-state index contributed by atoms with van der Waals surface area (Å²) in [5.74, 6) is 0.595. The van der Waals surface area contributed by atoms with Crippen molar-refractivity contribution in [2.24, 2.45) is 0 Å². The molecule has 1 aromatic heterocycles. The highest BCUT2D eigenvalue weighted by Gasteiger charge is 2.40. The molecule has 3 heterocycles. The molecule has 9 nitrogen and oxygen atoms in total. The number of imide groups is 1. The predicted molar refractivity (Wildman–Crippen MR) is 125 cm³/mol. The minimum Gasteiger partial charge on any atom is -0.486 e. The molecule has 2 atom stereocenters. The van der Waals surface area contributed by atoms with Gasteiger partial charge in [0.05, 0.1) is 6.54 Å². The fourth-order valence-corrected chi connectivity index (χ4v) is 4.43. The maximum atomic E-state index is 13.0. The number of H-pyrrole nitrogens is 1. The van der Waals surface area contributed by atoms with E-state index in [0.717, 1.165) is 21.4 Å². The summed E-state index contributed by atoms with van der Waals surface area (Å²) in [6.07, 6.45) is 1.86. The number of para-hydroxylation sites is 3. The maximum absolute atomic E-state index is 13.0. The molecule has 0 aliphatic carbocycles. The molecule has 0 radical (unpaired) electrons. The highest BCUT2D eigenvalue weighted by molar-refractivity contribution is 6.06. The summed E-state index contributed by atoms with van der Waals surface area (Å²) in [7, 11) is 0. The van der Waals surface area contributed by atoms with Crippen molar-refractivity contribution in [3.05, 3.63) is 60.3 Å². The Bertz CT molecular complexity index is 1240. The Morgan fingerprint density at radius 2 is 1.88 bits per heavy atom. The zero-order chi connectivity index (χ0) is 23.7. The molecule has 0 saturated carbocycles. The molecule has 4 amide bonds. The van der Waals surface area contributed by atoms with E-state index in [9.17, 15) is 14.4 Å². The molecule has 2 aromatic carbocycles. The Balaban J connectivity index is 1.21. The van der Waals surface area contributed by atoms with Gasteiger partial charge in [-0.25, -0.2) is 4.79 Å². The average Bonchev–Trinajstić information content (AvgIpc) is 3.38. The van der Waals surface area contributed by atoms with Gasteiger partial charge in [-0.15, -0.1) is 0 Å². The van der Waals surface area contributed by atoms with E-state index < -0.39 is 18.0 Å². The minimum atomic E-state index is -0.707. The fraction of sp³-hybridized carbons (Fsp3) is 0.320. The van der Waals surface area contributed by atoms with Crippen LogP contribution in [0, 0.1) is 0 Å². The highest BCUT2D eigenvalue weighted by atomic mass is 16.6. The van der Waals surface area contributed by atoms with Crippen molar-refractivity contribution >= 4 is 28.7 Å². The molecule has 9 heteroatoms. The van der Waals surface area contributed by atoms with Gasteiger partial charge in [-0.1, -0.05) is 30.3 Å². The first-order valence-corrected chi connectivity index (χ1v) is 11.4. The van der Waals surface area contributed by atoms with Crippen LogP contribution in [0.25, 0.3) is 10.9 Å². The molecule has 5 rings (SSSR count). The molecule has 0 unspecified atom stereocenters. The normalized spacial score (nSPS) is 19.4. The Morgan fingerprint density at radius 1 is 1.12 bits per heavy atom. The van der Waals surface area contributed by atoms with Crippen molar-refractivity contribution in [2.75, 3.05) is 26.2 Å². The van der Waals surface area contributed by atoms with Crippen LogP contribution in [0.3, 0.4) is 0 Å². The van der Waals surface area contributed by atoms with Gasteiger partial charge in [-0.05, 0) is 30.7 Å². The number of ether oxygens (including phenoxy) is 2. The number of urea groups is 1. The lowest BCUT2D eigenvalue weighted by Crippen LogP contribution is -2.48. The van der Waals surface area contributed by atoms with Crippen molar-refractivity contribution in [1.82, 2.24) is 20.1 Å². The number of nitrogens with one attached hydrogen (secondary N) is 2. The maximum Gasteiger partial charge on any atom is 0.325 e. The molecular weight excluding hydrogens is 436 g/mol. The number of aromatic amines is 1. The van der Waals surface area contributed by atoms with E-state index in [2.05, 4.69) is 10.3 Å². The number of nitrogens with zero attached hydrogens (tertiary/aromatic N) is 2. The molecule has 0 spiro atoms. The smallest absolute Gasteiger partial charge is 0.325 e. The van der Waals surface area contributed by atoms with Crippen LogP contribution >= 0.6 is 0 Å². The largest absolute Gasteiger partial charge is 0.486 e. The quantitative estimate of drug-likeness (QED) is 0.525. The van der Waals surface area contributed by atoms with E-state index >= 15 is 0 Å². The third-order valence-corrected chi connectivity index (χ3v) is 6.23. The number of benzene rings is 2. The molecule has 0 bridgehead atoms. The van der Waals surface area contributed by atoms with Gasteiger partial charge in [0.2, 0.25) is 5.91 Å². The van der Waals surface area contributed by atoms with Crippen molar-refractivity contribution in [3.63, 3.8) is 0 Å². The lowest BCUT2D eigenvalue weighted by Gasteiger charge is -2.31. The van der Waals surface area contributed by atoms with Crippen molar-refractivity contribution in [2.45, 2.75) is 25.5 Å². The molecule has 1 fully saturated rings. The van der Waals surface area contributed by atoms with Crippen molar-refractivity contribution in [1.29, 1.82) is 0 Å². The van der Waals surface area contributed by atoms with Gasteiger partial charge < -0.3 is 24.7 Å². The number of hydrogen-bond donors (Lipinski definition) is 2. The topological polar surface area (TPSA) is 104 Å². The van der Waals surface area contributed by atoms with Gasteiger partial charge in [0.15, 0.2) is 17.6 Å². The molecule has 3 aromatic rings. The van der Waals surface area contributed by atoms with Gasteiger partial charge in [-0.3, -0.25) is 14.5 Å². The second kappa shape index (κ2) is 9.09. The Labute approximate surface area is 196 Å². The number of rotatable bonds is 7. The van der Waals surface area contributed by atoms with Crippen LogP contribution in [-0.2, 0) is 16.0 Å². The van der Waals surface area contributed by atoms with Crippen LogP contribution in [0.2, 0.25) is 0 Å². The zero-order valence-electron chi connectivity index (χ0n) is 18.8. The van der Waals surface area contributed by atoms with E-state index in [1.807, 2.05) is 61.7 Å². The van der Waals surface area contributed by atoms with Crippen LogP contribution in [0.1, 0.15) is 12.5 Å². The summed E-state index contributed by atoms with van der Waals surface area (Å²) >= 11 is 0. The van der Waals surface area contributed by atoms with E-state index in [-0.39, 0.29) is 18.6 Å².